The summed E-state index contributed by atoms with van der Waals surface area (Å²) in [6, 6.07) is 32.7. The summed E-state index contributed by atoms with van der Waals surface area (Å²) in [5.41, 5.74) is 6.58. The molecular formula is C34H31ClN4O2. The summed E-state index contributed by atoms with van der Waals surface area (Å²) >= 11 is 6.10. The number of amides is 2. The van der Waals surface area contributed by atoms with Gasteiger partial charge in [-0.25, -0.2) is 4.98 Å². The van der Waals surface area contributed by atoms with Gasteiger partial charge in [-0.3, -0.25) is 19.5 Å². The molecule has 6 nitrogen and oxygen atoms in total. The van der Waals surface area contributed by atoms with Gasteiger partial charge in [0.15, 0.2) is 0 Å². The van der Waals surface area contributed by atoms with E-state index in [0.29, 0.717) is 23.2 Å². The molecule has 0 radical (unpaired) electrons. The third-order valence-corrected chi connectivity index (χ3v) is 7.22. The van der Waals surface area contributed by atoms with E-state index in [-0.39, 0.29) is 24.8 Å². The Morgan fingerprint density at radius 2 is 1.49 bits per heavy atom. The van der Waals surface area contributed by atoms with Gasteiger partial charge in [0.1, 0.15) is 6.54 Å². The number of hydrogen-bond donors (Lipinski definition) is 1. The second-order valence-corrected chi connectivity index (χ2v) is 10.5. The van der Waals surface area contributed by atoms with Crippen molar-refractivity contribution in [1.29, 1.82) is 0 Å². The molecule has 7 heteroatoms. The number of imidazole rings is 1. The lowest BCUT2D eigenvalue weighted by Crippen LogP contribution is -2.38. The molecule has 5 rings (SSSR count). The molecule has 0 atom stereocenters. The lowest BCUT2D eigenvalue weighted by molar-refractivity contribution is -0.134. The van der Waals surface area contributed by atoms with Crippen LogP contribution in [0, 0.1) is 13.8 Å². The lowest BCUT2D eigenvalue weighted by Gasteiger charge is -2.22. The summed E-state index contributed by atoms with van der Waals surface area (Å²) in [4.78, 5) is 33.2. The first kappa shape index (κ1) is 27.9. The molecule has 0 fully saturated rings. The van der Waals surface area contributed by atoms with Crippen LogP contribution in [0.3, 0.4) is 0 Å². The van der Waals surface area contributed by atoms with E-state index >= 15 is 0 Å². The van der Waals surface area contributed by atoms with Crippen LogP contribution in [0.5, 0.6) is 0 Å². The fourth-order valence-electron chi connectivity index (χ4n) is 4.56. The minimum Gasteiger partial charge on any atom is -0.329 e. The maximum atomic E-state index is 13.5. The van der Waals surface area contributed by atoms with Gasteiger partial charge in [0.05, 0.1) is 12.1 Å². The molecule has 0 saturated carbocycles. The van der Waals surface area contributed by atoms with E-state index < -0.39 is 0 Å². The van der Waals surface area contributed by atoms with Crippen molar-refractivity contribution in [1.82, 2.24) is 14.5 Å². The molecule has 2 amide bonds. The fourth-order valence-corrected chi connectivity index (χ4v) is 4.68. The highest BCUT2D eigenvalue weighted by Crippen LogP contribution is 2.26. The second-order valence-electron chi connectivity index (χ2n) is 10.0. The summed E-state index contributed by atoms with van der Waals surface area (Å²) in [7, 11) is 0. The molecule has 5 aromatic rings. The van der Waals surface area contributed by atoms with Crippen molar-refractivity contribution in [3.63, 3.8) is 0 Å². The van der Waals surface area contributed by atoms with Gasteiger partial charge in [0, 0.05) is 29.0 Å². The van der Waals surface area contributed by atoms with E-state index in [2.05, 4.69) is 18.3 Å². The van der Waals surface area contributed by atoms with Crippen LogP contribution >= 0.6 is 11.6 Å². The Morgan fingerprint density at radius 3 is 2.15 bits per heavy atom. The number of aromatic nitrogens is 2. The zero-order chi connectivity index (χ0) is 28.8. The van der Waals surface area contributed by atoms with E-state index in [1.165, 1.54) is 5.56 Å². The van der Waals surface area contributed by atoms with Crippen LogP contribution in [0.1, 0.15) is 22.3 Å². The molecule has 0 spiro atoms. The standard InChI is InChI=1S/C34H31ClN4O2/c1-24-13-18-30(19-25(24)2)39-22-31(28-14-16-29(35)17-15-28)36-34(39)37-32(40)23-38(21-27-11-7-4-8-12-27)33(41)20-26-9-5-3-6-10-26/h3-19,22H,20-21,23H2,1-2H3,(H,36,37,40). The summed E-state index contributed by atoms with van der Waals surface area (Å²) in [5.74, 6) is -0.0892. The number of hydrogen-bond acceptors (Lipinski definition) is 3. The van der Waals surface area contributed by atoms with E-state index in [9.17, 15) is 9.59 Å². The van der Waals surface area contributed by atoms with E-state index in [4.69, 9.17) is 16.6 Å². The van der Waals surface area contributed by atoms with Crippen LogP contribution in [-0.4, -0.2) is 32.8 Å². The highest BCUT2D eigenvalue weighted by Gasteiger charge is 2.21. The highest BCUT2D eigenvalue weighted by atomic mass is 35.5. The van der Waals surface area contributed by atoms with Crippen molar-refractivity contribution in [2.75, 3.05) is 11.9 Å². The molecule has 1 N–H and O–H groups in total. The Kier molecular flexibility index (Phi) is 8.61. The molecule has 0 aliphatic heterocycles. The number of nitrogens with one attached hydrogen (secondary N) is 1. The number of rotatable bonds is 9. The quantitative estimate of drug-likeness (QED) is 0.210. The van der Waals surface area contributed by atoms with Gasteiger partial charge in [0.25, 0.3) is 0 Å². The van der Waals surface area contributed by atoms with E-state index in [1.54, 1.807) is 4.90 Å². The first-order valence-corrected chi connectivity index (χ1v) is 13.8. The van der Waals surface area contributed by atoms with Crippen LogP contribution in [0.25, 0.3) is 16.9 Å². The largest absolute Gasteiger partial charge is 0.329 e. The van der Waals surface area contributed by atoms with Crippen molar-refractivity contribution in [3.05, 3.63) is 137 Å². The summed E-state index contributed by atoms with van der Waals surface area (Å²) in [6.45, 7) is 4.31. The number of anilines is 1. The summed E-state index contributed by atoms with van der Waals surface area (Å²) in [6.07, 6.45) is 2.10. The first-order valence-electron chi connectivity index (χ1n) is 13.4. The van der Waals surface area contributed by atoms with Gasteiger partial charge in [-0.05, 0) is 60.4 Å². The lowest BCUT2D eigenvalue weighted by atomic mass is 10.1. The first-order chi connectivity index (χ1) is 19.9. The molecule has 1 aromatic heterocycles. The van der Waals surface area contributed by atoms with Crippen LogP contribution in [0.15, 0.2) is 109 Å². The number of aryl methyl sites for hydroxylation is 2. The second kappa shape index (κ2) is 12.7. The zero-order valence-electron chi connectivity index (χ0n) is 23.0. The molecule has 1 heterocycles. The van der Waals surface area contributed by atoms with Gasteiger partial charge >= 0.3 is 0 Å². The number of carbonyl (C=O) groups is 2. The van der Waals surface area contributed by atoms with Crippen molar-refractivity contribution >= 4 is 29.4 Å². The van der Waals surface area contributed by atoms with Gasteiger partial charge in [-0.15, -0.1) is 0 Å². The molecule has 41 heavy (non-hydrogen) atoms. The Balaban J connectivity index is 1.42. The van der Waals surface area contributed by atoms with Crippen LogP contribution in [0.2, 0.25) is 5.02 Å². The topological polar surface area (TPSA) is 67.2 Å². The van der Waals surface area contributed by atoms with Gasteiger partial charge in [0.2, 0.25) is 17.8 Å². The Hall–Kier alpha value is -4.68. The third kappa shape index (κ3) is 7.10. The minimum atomic E-state index is -0.333. The number of carbonyl (C=O) groups excluding carboxylic acids is 2. The predicted octanol–water partition coefficient (Wildman–Crippen LogP) is 7.02. The minimum absolute atomic E-state index is 0.114. The molecule has 0 aliphatic carbocycles. The monoisotopic (exact) mass is 562 g/mol. The Bertz CT molecular complexity index is 1650. The number of nitrogens with zero attached hydrogens (tertiary/aromatic N) is 3. The average molecular weight is 563 g/mol. The number of benzene rings is 4. The molecule has 0 bridgehead atoms. The predicted molar refractivity (Wildman–Crippen MR) is 164 cm³/mol. The van der Waals surface area contributed by atoms with E-state index in [1.807, 2.05) is 115 Å². The zero-order valence-corrected chi connectivity index (χ0v) is 23.8. The van der Waals surface area contributed by atoms with Crippen LogP contribution in [0.4, 0.5) is 5.95 Å². The van der Waals surface area contributed by atoms with Crippen molar-refractivity contribution in [3.8, 4) is 16.9 Å². The Morgan fingerprint density at radius 1 is 0.829 bits per heavy atom. The maximum absolute atomic E-state index is 13.5. The van der Waals surface area contributed by atoms with Crippen molar-refractivity contribution in [2.24, 2.45) is 0 Å². The van der Waals surface area contributed by atoms with Crippen molar-refractivity contribution in [2.45, 2.75) is 26.8 Å². The molecular weight excluding hydrogens is 532 g/mol. The fraction of sp³-hybridized carbons (Fsp3) is 0.147. The summed E-state index contributed by atoms with van der Waals surface area (Å²) < 4.78 is 1.86. The third-order valence-electron chi connectivity index (χ3n) is 6.97. The molecule has 0 aliphatic rings. The Labute approximate surface area is 245 Å². The molecule has 206 valence electrons. The van der Waals surface area contributed by atoms with Gasteiger partial charge in [-0.2, -0.15) is 0 Å². The molecule has 4 aromatic carbocycles. The maximum Gasteiger partial charge on any atom is 0.246 e. The summed E-state index contributed by atoms with van der Waals surface area (Å²) in [5, 5.41) is 3.61. The normalized spacial score (nSPS) is 10.8. The smallest absolute Gasteiger partial charge is 0.246 e. The van der Waals surface area contributed by atoms with Crippen LogP contribution in [-0.2, 0) is 22.6 Å². The number of halogens is 1. The molecule has 0 saturated heterocycles. The average Bonchev–Trinajstić information content (AvgIpc) is 3.39. The van der Waals surface area contributed by atoms with E-state index in [0.717, 1.165) is 27.9 Å². The molecule has 0 unspecified atom stereocenters. The van der Waals surface area contributed by atoms with Gasteiger partial charge < -0.3 is 4.90 Å². The van der Waals surface area contributed by atoms with Gasteiger partial charge in [-0.1, -0.05) is 90.5 Å². The SMILES string of the molecule is Cc1ccc(-n2cc(-c3ccc(Cl)cc3)nc2NC(=O)CN(Cc2ccccc2)C(=O)Cc2ccccc2)cc1C. The van der Waals surface area contributed by atoms with Crippen molar-refractivity contribution < 1.29 is 9.59 Å². The highest BCUT2D eigenvalue weighted by molar-refractivity contribution is 6.30. The van der Waals surface area contributed by atoms with Crippen LogP contribution < -0.4 is 5.32 Å².